The first-order valence-electron chi connectivity index (χ1n) is 9.41. The third kappa shape index (κ3) is 3.68. The second-order valence-electron chi connectivity index (χ2n) is 7.55. The molecule has 0 amide bonds. The molecule has 1 aromatic heterocycles. The van der Waals surface area contributed by atoms with Crippen molar-refractivity contribution in [1.82, 2.24) is 9.29 Å². The van der Waals surface area contributed by atoms with Crippen LogP contribution in [0.3, 0.4) is 0 Å². The Morgan fingerprint density at radius 2 is 2.04 bits per heavy atom. The zero-order chi connectivity index (χ0) is 17.3. The molecule has 1 aliphatic heterocycles. The first-order valence-corrected chi connectivity index (χ1v) is 10.8. The Labute approximate surface area is 150 Å². The number of nitrogens with zero attached hydrogens (tertiary/aromatic N) is 2. The molecule has 1 aromatic rings. The van der Waals surface area contributed by atoms with E-state index in [9.17, 15) is 8.42 Å². The number of hydrogen-bond donors (Lipinski definition) is 1. The molecule has 25 heavy (non-hydrogen) atoms. The largest absolute Gasteiger partial charge is 0.379 e. The summed E-state index contributed by atoms with van der Waals surface area (Å²) in [7, 11) is -3.46. The van der Waals surface area contributed by atoms with E-state index in [2.05, 4.69) is 10.3 Å². The highest BCUT2D eigenvalue weighted by Gasteiger charge is 2.38. The average molecular weight is 365 g/mol. The minimum Gasteiger partial charge on any atom is -0.379 e. The van der Waals surface area contributed by atoms with Crippen LogP contribution in [0, 0.1) is 17.8 Å². The second kappa shape index (κ2) is 7.21. The molecule has 1 N–H and O–H groups in total. The summed E-state index contributed by atoms with van der Waals surface area (Å²) >= 11 is 0. The Hall–Kier alpha value is -1.18. The molecule has 2 saturated carbocycles. The second-order valence-corrected chi connectivity index (χ2v) is 9.48. The Kier molecular flexibility index (Phi) is 4.97. The van der Waals surface area contributed by atoms with Crippen LogP contribution in [0.2, 0.25) is 0 Å². The molecule has 2 heterocycles. The summed E-state index contributed by atoms with van der Waals surface area (Å²) < 4.78 is 31.8. The maximum atomic E-state index is 12.6. The van der Waals surface area contributed by atoms with Gasteiger partial charge in [0.05, 0.1) is 13.2 Å². The third-order valence-electron chi connectivity index (χ3n) is 6.05. The standard InChI is InChI=1S/C18H27N3O3S/c22-25(23,21-7-9-24-10-8-21)17-3-4-18(20-13-17)19-6-5-16-12-14-1-2-15(16)11-14/h3-4,13-16H,1-2,5-12H2,(H,19,20). The van der Waals surface area contributed by atoms with Gasteiger partial charge in [0.2, 0.25) is 10.0 Å². The number of sulfonamides is 1. The normalized spacial score (nSPS) is 29.8. The lowest BCUT2D eigenvalue weighted by atomic mass is 9.86. The third-order valence-corrected chi connectivity index (χ3v) is 7.93. The fourth-order valence-corrected chi connectivity index (χ4v) is 6.04. The smallest absolute Gasteiger partial charge is 0.244 e. The lowest BCUT2D eigenvalue weighted by Gasteiger charge is -2.25. The summed E-state index contributed by atoms with van der Waals surface area (Å²) in [6.07, 6.45) is 8.35. The van der Waals surface area contributed by atoms with Crippen molar-refractivity contribution in [1.29, 1.82) is 0 Å². The topological polar surface area (TPSA) is 71.5 Å². The van der Waals surface area contributed by atoms with Gasteiger partial charge in [-0.05, 0) is 55.6 Å². The van der Waals surface area contributed by atoms with Gasteiger partial charge in [0.25, 0.3) is 0 Å². The molecule has 138 valence electrons. The van der Waals surface area contributed by atoms with Crippen LogP contribution in [-0.2, 0) is 14.8 Å². The van der Waals surface area contributed by atoms with Crippen molar-refractivity contribution >= 4 is 15.8 Å². The molecule has 3 fully saturated rings. The zero-order valence-corrected chi connectivity index (χ0v) is 15.4. The minimum absolute atomic E-state index is 0.257. The first-order chi connectivity index (χ1) is 12.1. The molecule has 4 rings (SSSR count). The van der Waals surface area contributed by atoms with Crippen molar-refractivity contribution in [2.75, 3.05) is 38.2 Å². The summed E-state index contributed by atoms with van der Waals surface area (Å²) in [5.74, 6) is 3.55. The Bertz CT molecular complexity index is 686. The fourth-order valence-electron chi connectivity index (χ4n) is 4.69. The van der Waals surface area contributed by atoms with Crippen LogP contribution in [0.5, 0.6) is 0 Å². The van der Waals surface area contributed by atoms with E-state index in [1.54, 1.807) is 12.1 Å². The summed E-state index contributed by atoms with van der Waals surface area (Å²) in [5, 5.41) is 3.35. The first kappa shape index (κ1) is 17.2. The van der Waals surface area contributed by atoms with Crippen molar-refractivity contribution in [3.63, 3.8) is 0 Å². The minimum atomic E-state index is -3.46. The molecule has 0 radical (unpaired) electrons. The highest BCUT2D eigenvalue weighted by molar-refractivity contribution is 7.89. The maximum Gasteiger partial charge on any atom is 0.244 e. The molecule has 7 heteroatoms. The van der Waals surface area contributed by atoms with Crippen LogP contribution < -0.4 is 5.32 Å². The Morgan fingerprint density at radius 3 is 2.68 bits per heavy atom. The molecule has 1 saturated heterocycles. The number of aromatic nitrogens is 1. The number of rotatable bonds is 6. The molecule has 3 atom stereocenters. The predicted octanol–water partition coefficient (Wildman–Crippen LogP) is 2.34. The van der Waals surface area contributed by atoms with Gasteiger partial charge in [-0.3, -0.25) is 0 Å². The van der Waals surface area contributed by atoms with Crippen molar-refractivity contribution in [3.8, 4) is 0 Å². The Balaban J connectivity index is 1.31. The molecule has 0 aromatic carbocycles. The summed E-state index contributed by atoms with van der Waals surface area (Å²) in [4.78, 5) is 4.56. The van der Waals surface area contributed by atoms with Gasteiger partial charge in [-0.1, -0.05) is 6.42 Å². The van der Waals surface area contributed by atoms with Crippen LogP contribution in [0.25, 0.3) is 0 Å². The van der Waals surface area contributed by atoms with E-state index >= 15 is 0 Å². The van der Waals surface area contributed by atoms with E-state index in [1.165, 1.54) is 42.6 Å². The van der Waals surface area contributed by atoms with Crippen molar-refractivity contribution in [2.24, 2.45) is 17.8 Å². The summed E-state index contributed by atoms with van der Waals surface area (Å²) in [5.41, 5.74) is 0. The number of anilines is 1. The molecule has 3 aliphatic rings. The van der Waals surface area contributed by atoms with E-state index in [1.807, 2.05) is 0 Å². The van der Waals surface area contributed by atoms with Crippen LogP contribution in [-0.4, -0.2) is 50.6 Å². The lowest BCUT2D eigenvalue weighted by Crippen LogP contribution is -2.40. The number of fused-ring (bicyclic) bond motifs is 2. The van der Waals surface area contributed by atoms with Crippen molar-refractivity contribution in [3.05, 3.63) is 18.3 Å². The van der Waals surface area contributed by atoms with Gasteiger partial charge in [0.15, 0.2) is 0 Å². The quantitative estimate of drug-likeness (QED) is 0.838. The maximum absolute atomic E-state index is 12.6. The number of hydrogen-bond acceptors (Lipinski definition) is 5. The molecule has 0 spiro atoms. The number of nitrogens with one attached hydrogen (secondary N) is 1. The number of pyridine rings is 1. The van der Waals surface area contributed by atoms with E-state index in [-0.39, 0.29) is 4.90 Å². The molecule has 2 aliphatic carbocycles. The summed E-state index contributed by atoms with van der Waals surface area (Å²) in [6, 6.07) is 3.42. The van der Waals surface area contributed by atoms with Gasteiger partial charge >= 0.3 is 0 Å². The van der Waals surface area contributed by atoms with Crippen molar-refractivity contribution < 1.29 is 13.2 Å². The Morgan fingerprint density at radius 1 is 1.20 bits per heavy atom. The molecular weight excluding hydrogens is 338 g/mol. The van der Waals surface area contributed by atoms with Crippen LogP contribution in [0.15, 0.2) is 23.2 Å². The fraction of sp³-hybridized carbons (Fsp3) is 0.722. The van der Waals surface area contributed by atoms with Crippen molar-refractivity contribution in [2.45, 2.75) is 37.0 Å². The molecule has 2 bridgehead atoms. The van der Waals surface area contributed by atoms with E-state index < -0.39 is 10.0 Å². The monoisotopic (exact) mass is 365 g/mol. The zero-order valence-electron chi connectivity index (χ0n) is 14.6. The molecule has 3 unspecified atom stereocenters. The average Bonchev–Trinajstić information content (AvgIpc) is 3.26. The van der Waals surface area contributed by atoms with Gasteiger partial charge < -0.3 is 10.1 Å². The van der Waals surface area contributed by atoms with Gasteiger partial charge in [0.1, 0.15) is 10.7 Å². The van der Waals surface area contributed by atoms with Crippen LogP contribution >= 0.6 is 0 Å². The highest BCUT2D eigenvalue weighted by Crippen LogP contribution is 2.49. The number of ether oxygens (including phenoxy) is 1. The van der Waals surface area contributed by atoms with Gasteiger partial charge in [-0.2, -0.15) is 4.31 Å². The van der Waals surface area contributed by atoms with Gasteiger partial charge in [-0.15, -0.1) is 0 Å². The van der Waals surface area contributed by atoms with Gasteiger partial charge in [0, 0.05) is 25.8 Å². The molecular formula is C18H27N3O3S. The van der Waals surface area contributed by atoms with Gasteiger partial charge in [-0.25, -0.2) is 13.4 Å². The number of morpholine rings is 1. The van der Waals surface area contributed by atoms with E-state index in [0.717, 1.165) is 30.1 Å². The molecule has 6 nitrogen and oxygen atoms in total. The van der Waals surface area contributed by atoms with Crippen LogP contribution in [0.4, 0.5) is 5.82 Å². The SMILES string of the molecule is O=S(=O)(c1ccc(NCCC2CC3CCC2C3)nc1)N1CCOCC1. The van der Waals surface area contributed by atoms with E-state index in [4.69, 9.17) is 4.74 Å². The lowest BCUT2D eigenvalue weighted by molar-refractivity contribution is 0.0730. The van der Waals surface area contributed by atoms with Crippen LogP contribution in [0.1, 0.15) is 32.1 Å². The predicted molar refractivity (Wildman–Crippen MR) is 95.9 cm³/mol. The van der Waals surface area contributed by atoms with E-state index in [0.29, 0.717) is 26.3 Å². The highest BCUT2D eigenvalue weighted by atomic mass is 32.2. The summed E-state index contributed by atoms with van der Waals surface area (Å²) in [6.45, 7) is 2.64.